The molecule has 22 heavy (non-hydrogen) atoms. The highest BCUT2D eigenvalue weighted by Gasteiger charge is 2.24. The largest absolute Gasteiger partial charge is 0.733 e. The summed E-state index contributed by atoms with van der Waals surface area (Å²) in [7, 11) is 1.80. The Morgan fingerprint density at radius 1 is 1.32 bits per heavy atom. The van der Waals surface area contributed by atoms with Gasteiger partial charge in [-0.1, -0.05) is 12.1 Å². The summed E-state index contributed by atoms with van der Waals surface area (Å²) < 4.78 is 1.79. The van der Waals surface area contributed by atoms with Crippen molar-refractivity contribution in [1.29, 1.82) is 5.26 Å². The number of fused-ring (bicyclic) bond motifs is 1. The van der Waals surface area contributed by atoms with Crippen LogP contribution in [0.2, 0.25) is 0 Å². The highest BCUT2D eigenvalue weighted by atomic mass is 16.8. The third-order valence-electron chi connectivity index (χ3n) is 3.50. The van der Waals surface area contributed by atoms with E-state index in [4.69, 9.17) is 0 Å². The Morgan fingerprint density at radius 2 is 2.09 bits per heavy atom. The number of rotatable bonds is 3. The number of imidazole rings is 1. The van der Waals surface area contributed by atoms with Gasteiger partial charge in [-0.2, -0.15) is 5.26 Å². The first-order valence-electron chi connectivity index (χ1n) is 6.55. The molecular weight excluding hydrogens is 282 g/mol. The molecule has 0 aliphatic heterocycles. The Balaban J connectivity index is 2.20. The number of pyridine rings is 1. The van der Waals surface area contributed by atoms with Gasteiger partial charge in [-0.25, -0.2) is 4.98 Å². The molecular formula is C15H12N5O2-. The number of nitrogens with zero attached hydrogens (tertiary/aromatic N) is 5. The molecule has 7 nitrogen and oxygen atoms in total. The maximum atomic E-state index is 11.3. The van der Waals surface area contributed by atoms with Crippen molar-refractivity contribution in [2.24, 2.45) is 7.05 Å². The molecule has 0 spiro atoms. The summed E-state index contributed by atoms with van der Waals surface area (Å²) in [5, 5.41) is 29.7. The topological polar surface area (TPSA) is 101 Å². The van der Waals surface area contributed by atoms with Crippen LogP contribution < -0.4 is 5.23 Å². The Kier molecular flexibility index (Phi) is 3.47. The van der Waals surface area contributed by atoms with Crippen LogP contribution in [-0.2, 0) is 7.05 Å². The first-order valence-corrected chi connectivity index (χ1v) is 6.55. The van der Waals surface area contributed by atoms with E-state index in [2.05, 4.69) is 16.0 Å². The molecule has 0 radical (unpaired) electrons. The van der Waals surface area contributed by atoms with E-state index < -0.39 is 5.92 Å². The van der Waals surface area contributed by atoms with Gasteiger partial charge in [0.15, 0.2) is 0 Å². The lowest BCUT2D eigenvalue weighted by Gasteiger charge is -2.25. The second-order valence-electron chi connectivity index (χ2n) is 4.76. The van der Waals surface area contributed by atoms with Gasteiger partial charge in [0.05, 0.1) is 28.5 Å². The van der Waals surface area contributed by atoms with Crippen LogP contribution in [-0.4, -0.2) is 19.7 Å². The van der Waals surface area contributed by atoms with Crippen molar-refractivity contribution < 1.29 is 5.21 Å². The molecule has 7 heteroatoms. The zero-order valence-electron chi connectivity index (χ0n) is 11.7. The third kappa shape index (κ3) is 2.16. The summed E-state index contributed by atoms with van der Waals surface area (Å²) in [5.74, 6) is -0.400. The second-order valence-corrected chi connectivity index (χ2v) is 4.76. The molecule has 3 aromatic rings. The molecule has 2 heterocycles. The number of aromatic nitrogens is 3. The predicted molar refractivity (Wildman–Crippen MR) is 80.0 cm³/mol. The number of hydrogen-bond acceptors (Lipinski definition) is 6. The van der Waals surface area contributed by atoms with Gasteiger partial charge in [-0.3, -0.25) is 10.2 Å². The van der Waals surface area contributed by atoms with Crippen molar-refractivity contribution in [1.82, 2.24) is 14.5 Å². The van der Waals surface area contributed by atoms with E-state index in [1.807, 2.05) is 24.3 Å². The van der Waals surface area contributed by atoms with Gasteiger partial charge in [0.25, 0.3) is 0 Å². The lowest BCUT2D eigenvalue weighted by molar-refractivity contribution is 0.295. The van der Waals surface area contributed by atoms with Crippen LogP contribution in [0.25, 0.3) is 11.0 Å². The fourth-order valence-electron chi connectivity index (χ4n) is 2.46. The minimum Gasteiger partial charge on any atom is -0.733 e. The van der Waals surface area contributed by atoms with Crippen LogP contribution >= 0.6 is 0 Å². The Morgan fingerprint density at radius 3 is 2.77 bits per heavy atom. The van der Waals surface area contributed by atoms with Gasteiger partial charge in [-0.05, 0) is 24.3 Å². The van der Waals surface area contributed by atoms with E-state index in [1.54, 1.807) is 11.6 Å². The number of benzene rings is 1. The van der Waals surface area contributed by atoms with Crippen molar-refractivity contribution in [2.75, 3.05) is 5.23 Å². The zero-order chi connectivity index (χ0) is 15.7. The molecule has 0 saturated carbocycles. The Bertz CT molecular complexity index is 866. The summed E-state index contributed by atoms with van der Waals surface area (Å²) in [6, 6.07) is 12.5. The van der Waals surface area contributed by atoms with E-state index in [0.29, 0.717) is 5.82 Å². The van der Waals surface area contributed by atoms with Crippen LogP contribution in [0.1, 0.15) is 17.4 Å². The third-order valence-corrected chi connectivity index (χ3v) is 3.50. The lowest BCUT2D eigenvalue weighted by Crippen LogP contribution is -2.15. The van der Waals surface area contributed by atoms with E-state index in [0.717, 1.165) is 11.0 Å². The summed E-state index contributed by atoms with van der Waals surface area (Å²) in [4.78, 5) is 8.54. The molecule has 3 rings (SSSR count). The Hall–Kier alpha value is -2.95. The SMILES string of the molecule is Cn1c([C@@H](C#N)c2ncccc2N([O-])O)nc2ccccc21. The molecule has 0 saturated heterocycles. The molecule has 0 amide bonds. The summed E-state index contributed by atoms with van der Waals surface area (Å²) >= 11 is 0. The quantitative estimate of drug-likeness (QED) is 0.744. The molecule has 110 valence electrons. The van der Waals surface area contributed by atoms with Gasteiger partial charge in [0, 0.05) is 13.2 Å². The number of aryl methyl sites for hydroxylation is 1. The first-order chi connectivity index (χ1) is 10.6. The van der Waals surface area contributed by atoms with E-state index in [1.165, 1.54) is 18.3 Å². The van der Waals surface area contributed by atoms with Gasteiger partial charge in [0.2, 0.25) is 0 Å². The van der Waals surface area contributed by atoms with Crippen LogP contribution in [0.5, 0.6) is 0 Å². The van der Waals surface area contributed by atoms with Crippen LogP contribution in [0.15, 0.2) is 42.6 Å². The van der Waals surface area contributed by atoms with Crippen LogP contribution in [0.3, 0.4) is 0 Å². The average Bonchev–Trinajstić information content (AvgIpc) is 2.86. The van der Waals surface area contributed by atoms with Gasteiger partial charge in [-0.15, -0.1) is 0 Å². The molecule has 0 aliphatic rings. The van der Waals surface area contributed by atoms with Gasteiger partial charge in [0.1, 0.15) is 11.7 Å². The standard InChI is InChI=1S/C15H12N5O2/c1-19-12-6-3-2-5-11(12)18-15(19)10(9-16)14-13(20(21)22)7-4-8-17-14/h2-8,10,21H,1H3/q-1/t10-/m0/s1. The lowest BCUT2D eigenvalue weighted by atomic mass is 10.0. The highest BCUT2D eigenvalue weighted by molar-refractivity contribution is 5.76. The molecule has 1 atom stereocenters. The number of anilines is 1. The normalized spacial score (nSPS) is 12.1. The summed E-state index contributed by atoms with van der Waals surface area (Å²) in [5.41, 5.74) is 1.72. The summed E-state index contributed by atoms with van der Waals surface area (Å²) in [6.07, 6.45) is 1.47. The monoisotopic (exact) mass is 294 g/mol. The number of para-hydroxylation sites is 2. The van der Waals surface area contributed by atoms with E-state index >= 15 is 0 Å². The average molecular weight is 294 g/mol. The molecule has 2 aromatic heterocycles. The maximum Gasteiger partial charge on any atom is 0.148 e. The van der Waals surface area contributed by atoms with Gasteiger partial charge >= 0.3 is 0 Å². The second kappa shape index (κ2) is 5.44. The van der Waals surface area contributed by atoms with Crippen LogP contribution in [0.4, 0.5) is 5.69 Å². The van der Waals surface area contributed by atoms with Crippen molar-refractivity contribution >= 4 is 16.7 Å². The Labute approximate surface area is 126 Å². The minimum atomic E-state index is -0.864. The minimum absolute atomic E-state index is 0.0684. The fourth-order valence-corrected chi connectivity index (χ4v) is 2.46. The molecule has 0 unspecified atom stereocenters. The highest BCUT2D eigenvalue weighted by Crippen LogP contribution is 2.30. The number of nitriles is 1. The van der Waals surface area contributed by atoms with Crippen LogP contribution in [0, 0.1) is 16.5 Å². The van der Waals surface area contributed by atoms with E-state index in [-0.39, 0.29) is 16.6 Å². The summed E-state index contributed by atoms with van der Waals surface area (Å²) in [6.45, 7) is 0. The molecule has 0 fully saturated rings. The van der Waals surface area contributed by atoms with Crippen molar-refractivity contribution in [3.8, 4) is 6.07 Å². The fraction of sp³-hybridized carbons (Fsp3) is 0.133. The molecule has 0 aliphatic carbocycles. The maximum absolute atomic E-state index is 11.3. The zero-order valence-corrected chi connectivity index (χ0v) is 11.7. The predicted octanol–water partition coefficient (Wildman–Crippen LogP) is 2.32. The smallest absolute Gasteiger partial charge is 0.148 e. The molecule has 1 N–H and O–H groups in total. The first kappa shape index (κ1) is 14.0. The van der Waals surface area contributed by atoms with Crippen molar-refractivity contribution in [3.05, 3.63) is 59.3 Å². The van der Waals surface area contributed by atoms with Gasteiger partial charge < -0.3 is 15.0 Å². The number of hydrogen-bond donors (Lipinski definition) is 1. The van der Waals surface area contributed by atoms with Crippen molar-refractivity contribution in [3.63, 3.8) is 0 Å². The molecule has 0 bridgehead atoms. The van der Waals surface area contributed by atoms with Crippen molar-refractivity contribution in [2.45, 2.75) is 5.92 Å². The molecule has 1 aromatic carbocycles. The van der Waals surface area contributed by atoms with E-state index in [9.17, 15) is 15.7 Å².